The third kappa shape index (κ3) is 4.08. The van der Waals surface area contributed by atoms with Gasteiger partial charge in [-0.2, -0.15) is 0 Å². The van der Waals surface area contributed by atoms with Crippen molar-refractivity contribution in [3.8, 4) is 5.75 Å². The third-order valence-electron chi connectivity index (χ3n) is 3.90. The molecule has 2 rings (SSSR count). The molecule has 0 spiro atoms. The first-order valence-electron chi connectivity index (χ1n) is 7.49. The fraction of sp³-hybridized carbons (Fsp3) is 0.471. The van der Waals surface area contributed by atoms with Crippen LogP contribution in [0.2, 0.25) is 0 Å². The molecule has 0 aliphatic heterocycles. The van der Waals surface area contributed by atoms with Gasteiger partial charge in [-0.1, -0.05) is 18.2 Å². The van der Waals surface area contributed by atoms with E-state index in [0.717, 1.165) is 24.2 Å². The number of carbonyl (C=O) groups is 1. The Morgan fingerprint density at radius 3 is 2.81 bits per heavy atom. The summed E-state index contributed by atoms with van der Waals surface area (Å²) < 4.78 is 5.27. The highest BCUT2D eigenvalue weighted by atomic mass is 16.5. The maximum atomic E-state index is 12.4. The summed E-state index contributed by atoms with van der Waals surface area (Å²) in [6, 6.07) is 7.96. The standard InChI is InChI=1S/C17H23NO3/c1-21-16-9-3-2-6-14(16)10-11-17(20)18(12-5-13-19)15-7-4-8-15/h2-3,6,9-11,15,19H,4-5,7-8,12-13H2,1H3/b11-10+. The van der Waals surface area contributed by atoms with Crippen molar-refractivity contribution < 1.29 is 14.6 Å². The lowest BCUT2D eigenvalue weighted by Crippen LogP contribution is -2.44. The maximum absolute atomic E-state index is 12.4. The molecule has 0 radical (unpaired) electrons. The molecule has 0 saturated heterocycles. The Labute approximate surface area is 126 Å². The van der Waals surface area contributed by atoms with Gasteiger partial charge in [0.2, 0.25) is 5.91 Å². The number of methoxy groups -OCH3 is 1. The topological polar surface area (TPSA) is 49.8 Å². The number of aliphatic hydroxyl groups excluding tert-OH is 1. The molecule has 21 heavy (non-hydrogen) atoms. The molecular formula is C17H23NO3. The van der Waals surface area contributed by atoms with Crippen LogP contribution in [-0.4, -0.2) is 42.2 Å². The van der Waals surface area contributed by atoms with E-state index >= 15 is 0 Å². The van der Waals surface area contributed by atoms with Crippen molar-refractivity contribution in [1.82, 2.24) is 4.90 Å². The molecule has 0 atom stereocenters. The fourth-order valence-corrected chi connectivity index (χ4v) is 2.47. The molecule has 4 heteroatoms. The second-order valence-corrected chi connectivity index (χ2v) is 5.27. The number of rotatable bonds is 7. The van der Waals surface area contributed by atoms with Crippen molar-refractivity contribution in [2.24, 2.45) is 0 Å². The summed E-state index contributed by atoms with van der Waals surface area (Å²) in [6.07, 6.45) is 7.35. The summed E-state index contributed by atoms with van der Waals surface area (Å²) in [5.41, 5.74) is 0.893. The largest absolute Gasteiger partial charge is 0.496 e. The molecule has 1 aliphatic rings. The highest BCUT2D eigenvalue weighted by molar-refractivity contribution is 5.92. The van der Waals surface area contributed by atoms with Gasteiger partial charge in [0.25, 0.3) is 0 Å². The lowest BCUT2D eigenvalue weighted by Gasteiger charge is -2.37. The second kappa shape index (κ2) is 7.84. The number of benzene rings is 1. The van der Waals surface area contributed by atoms with E-state index in [1.807, 2.05) is 29.2 Å². The van der Waals surface area contributed by atoms with Crippen LogP contribution in [-0.2, 0) is 4.79 Å². The van der Waals surface area contributed by atoms with E-state index in [-0.39, 0.29) is 12.5 Å². The zero-order chi connectivity index (χ0) is 15.1. The molecule has 1 saturated carbocycles. The summed E-state index contributed by atoms with van der Waals surface area (Å²) >= 11 is 0. The molecule has 4 nitrogen and oxygen atoms in total. The number of nitrogens with zero attached hydrogens (tertiary/aromatic N) is 1. The van der Waals surface area contributed by atoms with Crippen LogP contribution >= 0.6 is 0 Å². The average Bonchev–Trinajstić information content (AvgIpc) is 2.47. The number of aliphatic hydroxyl groups is 1. The highest BCUT2D eigenvalue weighted by Crippen LogP contribution is 2.25. The van der Waals surface area contributed by atoms with Gasteiger partial charge in [-0.25, -0.2) is 0 Å². The van der Waals surface area contributed by atoms with Crippen molar-refractivity contribution in [1.29, 1.82) is 0 Å². The SMILES string of the molecule is COc1ccccc1/C=C/C(=O)N(CCCO)C1CCC1. The number of carbonyl (C=O) groups excluding carboxylic acids is 1. The zero-order valence-corrected chi connectivity index (χ0v) is 12.5. The molecule has 1 fully saturated rings. The zero-order valence-electron chi connectivity index (χ0n) is 12.5. The number of para-hydroxylation sites is 1. The molecular weight excluding hydrogens is 266 g/mol. The van der Waals surface area contributed by atoms with Gasteiger partial charge >= 0.3 is 0 Å². The van der Waals surface area contributed by atoms with Crippen LogP contribution in [0.3, 0.4) is 0 Å². The molecule has 0 aromatic heterocycles. The van der Waals surface area contributed by atoms with Crippen molar-refractivity contribution in [3.05, 3.63) is 35.9 Å². The first-order chi connectivity index (χ1) is 10.3. The van der Waals surface area contributed by atoms with Crippen molar-refractivity contribution in [3.63, 3.8) is 0 Å². The molecule has 1 N–H and O–H groups in total. The minimum atomic E-state index is 0.0130. The van der Waals surface area contributed by atoms with E-state index in [9.17, 15) is 4.79 Å². The minimum absolute atomic E-state index is 0.0130. The maximum Gasteiger partial charge on any atom is 0.246 e. The summed E-state index contributed by atoms with van der Waals surface area (Å²) in [4.78, 5) is 14.3. The number of amides is 1. The lowest BCUT2D eigenvalue weighted by atomic mass is 9.91. The lowest BCUT2D eigenvalue weighted by molar-refractivity contribution is -0.130. The molecule has 1 aromatic carbocycles. The first-order valence-corrected chi connectivity index (χ1v) is 7.49. The third-order valence-corrected chi connectivity index (χ3v) is 3.90. The number of hydrogen-bond donors (Lipinski definition) is 1. The predicted molar refractivity (Wildman–Crippen MR) is 83.1 cm³/mol. The van der Waals surface area contributed by atoms with Crippen LogP contribution < -0.4 is 4.74 Å². The summed E-state index contributed by atoms with van der Waals surface area (Å²) in [6.45, 7) is 0.739. The fourth-order valence-electron chi connectivity index (χ4n) is 2.47. The predicted octanol–water partition coefficient (Wildman–Crippen LogP) is 2.47. The Bertz CT molecular complexity index is 495. The number of ether oxygens (including phenoxy) is 1. The summed E-state index contributed by atoms with van der Waals surface area (Å²) in [5, 5.41) is 8.97. The van der Waals surface area contributed by atoms with Crippen LogP contribution in [0.4, 0.5) is 0 Å². The van der Waals surface area contributed by atoms with Gasteiger partial charge in [0.15, 0.2) is 0 Å². The first kappa shape index (κ1) is 15.6. The molecule has 0 heterocycles. The Morgan fingerprint density at radius 1 is 1.43 bits per heavy atom. The van der Waals surface area contributed by atoms with E-state index in [1.54, 1.807) is 19.3 Å². The van der Waals surface area contributed by atoms with Crippen LogP contribution in [0.5, 0.6) is 5.75 Å². The van der Waals surface area contributed by atoms with E-state index in [4.69, 9.17) is 9.84 Å². The molecule has 114 valence electrons. The van der Waals surface area contributed by atoms with Crippen LogP contribution in [0.15, 0.2) is 30.3 Å². The van der Waals surface area contributed by atoms with E-state index < -0.39 is 0 Å². The van der Waals surface area contributed by atoms with Gasteiger partial charge in [0.1, 0.15) is 5.75 Å². The Kier molecular flexibility index (Phi) is 5.81. The molecule has 0 unspecified atom stereocenters. The second-order valence-electron chi connectivity index (χ2n) is 5.27. The van der Waals surface area contributed by atoms with Crippen molar-refractivity contribution in [2.45, 2.75) is 31.7 Å². The monoisotopic (exact) mass is 289 g/mol. The van der Waals surface area contributed by atoms with Gasteiger partial charge in [0.05, 0.1) is 7.11 Å². The summed E-state index contributed by atoms with van der Waals surface area (Å²) in [7, 11) is 1.62. The van der Waals surface area contributed by atoms with E-state index in [0.29, 0.717) is 19.0 Å². The van der Waals surface area contributed by atoms with Crippen LogP contribution in [0.25, 0.3) is 6.08 Å². The quantitative estimate of drug-likeness (QED) is 0.785. The normalized spacial score (nSPS) is 15.0. The van der Waals surface area contributed by atoms with Crippen molar-refractivity contribution in [2.75, 3.05) is 20.3 Å². The molecule has 0 bridgehead atoms. The molecule has 1 aromatic rings. The van der Waals surface area contributed by atoms with E-state index in [1.165, 1.54) is 6.42 Å². The van der Waals surface area contributed by atoms with Crippen molar-refractivity contribution >= 4 is 12.0 Å². The van der Waals surface area contributed by atoms with Crippen LogP contribution in [0.1, 0.15) is 31.2 Å². The Hall–Kier alpha value is -1.81. The van der Waals surface area contributed by atoms with Gasteiger partial charge in [-0.3, -0.25) is 4.79 Å². The minimum Gasteiger partial charge on any atom is -0.496 e. The van der Waals surface area contributed by atoms with Gasteiger partial charge in [-0.15, -0.1) is 0 Å². The number of hydrogen-bond acceptors (Lipinski definition) is 3. The average molecular weight is 289 g/mol. The summed E-state index contributed by atoms with van der Waals surface area (Å²) in [5.74, 6) is 0.770. The van der Waals surface area contributed by atoms with E-state index in [2.05, 4.69) is 0 Å². The molecule has 1 aliphatic carbocycles. The molecule has 1 amide bonds. The van der Waals surface area contributed by atoms with Gasteiger partial charge in [-0.05, 0) is 37.8 Å². The smallest absolute Gasteiger partial charge is 0.246 e. The Balaban J connectivity index is 2.04. The van der Waals surface area contributed by atoms with Gasteiger partial charge < -0.3 is 14.7 Å². The highest BCUT2D eigenvalue weighted by Gasteiger charge is 2.27. The Morgan fingerprint density at radius 2 is 2.19 bits per heavy atom. The van der Waals surface area contributed by atoms with Gasteiger partial charge in [0, 0.05) is 30.8 Å². The van der Waals surface area contributed by atoms with Crippen LogP contribution in [0, 0.1) is 0 Å².